The maximum atomic E-state index is 11.7. The molecular weight excluding hydrogens is 424 g/mol. The smallest absolute Gasteiger partial charge is 0.160 e. The maximum Gasteiger partial charge on any atom is 0.160 e. The number of ether oxygens (including phenoxy) is 3. The Bertz CT molecular complexity index is 885. The number of hydrogen-bond donors (Lipinski definition) is 1. The van der Waals surface area contributed by atoms with Crippen molar-refractivity contribution >= 4 is 0 Å². The number of fused-ring (bicyclic) bond motifs is 5. The molecule has 4 aliphatic carbocycles. The van der Waals surface area contributed by atoms with Gasteiger partial charge in [-0.15, -0.1) is 0 Å². The molecule has 0 aromatic heterocycles. The molecule has 5 rings (SSSR count). The summed E-state index contributed by atoms with van der Waals surface area (Å²) in [5.41, 5.74) is 1.45. The number of aryl methyl sites for hydroxylation is 1. The lowest BCUT2D eigenvalue weighted by atomic mass is 9.44. The van der Waals surface area contributed by atoms with Gasteiger partial charge in [0.1, 0.15) is 0 Å². The van der Waals surface area contributed by atoms with Crippen LogP contribution in [0.5, 0.6) is 11.5 Å². The summed E-state index contributed by atoms with van der Waals surface area (Å²) in [6.07, 6.45) is 13.2. The van der Waals surface area contributed by atoms with E-state index in [4.69, 9.17) is 14.2 Å². The fraction of sp³-hybridized carbons (Fsp3) is 0.800. The highest BCUT2D eigenvalue weighted by Crippen LogP contribution is 2.67. The Hall–Kier alpha value is -1.26. The van der Waals surface area contributed by atoms with Gasteiger partial charge in [0.05, 0.1) is 25.9 Å². The summed E-state index contributed by atoms with van der Waals surface area (Å²) in [5.74, 6) is 4.71. The van der Waals surface area contributed by atoms with Crippen LogP contribution in [-0.2, 0) is 11.2 Å². The number of aliphatic hydroxyl groups is 1. The maximum absolute atomic E-state index is 11.7. The Morgan fingerprint density at radius 1 is 0.853 bits per heavy atom. The van der Waals surface area contributed by atoms with Crippen LogP contribution in [0.4, 0.5) is 0 Å². The lowest BCUT2D eigenvalue weighted by Gasteiger charge is -2.62. The number of hydrogen-bond acceptors (Lipinski definition) is 4. The van der Waals surface area contributed by atoms with Gasteiger partial charge >= 0.3 is 0 Å². The third-order valence-electron chi connectivity index (χ3n) is 11.3. The van der Waals surface area contributed by atoms with Gasteiger partial charge in [0.15, 0.2) is 11.5 Å². The molecule has 4 nitrogen and oxygen atoms in total. The van der Waals surface area contributed by atoms with Gasteiger partial charge in [0.2, 0.25) is 0 Å². The number of benzene rings is 1. The molecule has 0 amide bonds. The van der Waals surface area contributed by atoms with E-state index < -0.39 is 5.60 Å². The summed E-state index contributed by atoms with van der Waals surface area (Å²) in [6.45, 7) is 5.12. The van der Waals surface area contributed by atoms with Crippen LogP contribution in [0.2, 0.25) is 0 Å². The Labute approximate surface area is 206 Å². The third-order valence-corrected chi connectivity index (χ3v) is 11.3. The Morgan fingerprint density at radius 3 is 2.35 bits per heavy atom. The zero-order valence-electron chi connectivity index (χ0n) is 22.1. The van der Waals surface area contributed by atoms with E-state index in [1.807, 2.05) is 13.2 Å². The van der Waals surface area contributed by atoms with Gasteiger partial charge in [0.25, 0.3) is 0 Å². The van der Waals surface area contributed by atoms with E-state index in [2.05, 4.69) is 26.0 Å². The van der Waals surface area contributed by atoms with E-state index in [0.717, 1.165) is 54.9 Å². The molecule has 0 unspecified atom stereocenters. The number of rotatable bonds is 6. The van der Waals surface area contributed by atoms with Gasteiger partial charge in [-0.25, -0.2) is 0 Å². The standard InChI is InChI=1S/C30H46O4/c1-28-16-17-30(31,15-12-20-6-10-25(32-3)26(18-20)33-4)19-21(28)7-8-22-23-9-11-27(34-5)29(23,2)14-13-24(22)28/h6,10,18,21-24,27,31H,7-9,11-17,19H2,1-5H3/t21-,22+,23+,24+,27+,28+,29+,30-/m1/s1. The molecule has 1 N–H and O–H groups in total. The quantitative estimate of drug-likeness (QED) is 0.521. The molecule has 4 heteroatoms. The van der Waals surface area contributed by atoms with Crippen LogP contribution in [0.25, 0.3) is 0 Å². The summed E-state index contributed by atoms with van der Waals surface area (Å²) in [7, 11) is 5.28. The predicted octanol–water partition coefficient (Wildman–Crippen LogP) is 6.43. The van der Waals surface area contributed by atoms with E-state index in [1.165, 1.54) is 50.5 Å². The largest absolute Gasteiger partial charge is 0.493 e. The van der Waals surface area contributed by atoms with Crippen molar-refractivity contribution in [2.45, 2.75) is 96.2 Å². The van der Waals surface area contributed by atoms with Crippen molar-refractivity contribution < 1.29 is 19.3 Å². The van der Waals surface area contributed by atoms with E-state index in [0.29, 0.717) is 22.9 Å². The van der Waals surface area contributed by atoms with Crippen LogP contribution >= 0.6 is 0 Å². The molecule has 190 valence electrons. The highest BCUT2D eigenvalue weighted by molar-refractivity contribution is 5.43. The molecule has 4 fully saturated rings. The van der Waals surface area contributed by atoms with E-state index >= 15 is 0 Å². The topological polar surface area (TPSA) is 47.9 Å². The minimum absolute atomic E-state index is 0.383. The van der Waals surface area contributed by atoms with E-state index in [9.17, 15) is 5.11 Å². The second-order valence-corrected chi connectivity index (χ2v) is 12.6. The van der Waals surface area contributed by atoms with Crippen molar-refractivity contribution in [2.24, 2.45) is 34.5 Å². The van der Waals surface area contributed by atoms with E-state index in [1.54, 1.807) is 14.2 Å². The summed E-state index contributed by atoms with van der Waals surface area (Å²) >= 11 is 0. The van der Waals surface area contributed by atoms with Crippen LogP contribution < -0.4 is 9.47 Å². The average molecular weight is 471 g/mol. The fourth-order valence-electron chi connectivity index (χ4n) is 9.30. The Morgan fingerprint density at radius 2 is 1.62 bits per heavy atom. The monoisotopic (exact) mass is 470 g/mol. The summed E-state index contributed by atoms with van der Waals surface area (Å²) in [6, 6.07) is 6.15. The Balaban J connectivity index is 1.26. The normalized spacial score (nSPS) is 43.5. The first-order valence-corrected chi connectivity index (χ1v) is 13.7. The van der Waals surface area contributed by atoms with Gasteiger partial charge in [-0.2, -0.15) is 0 Å². The summed E-state index contributed by atoms with van der Waals surface area (Å²) in [5, 5.41) is 11.7. The Kier molecular flexibility index (Phi) is 6.47. The van der Waals surface area contributed by atoms with Crippen LogP contribution in [0.3, 0.4) is 0 Å². The minimum Gasteiger partial charge on any atom is -0.493 e. The zero-order valence-corrected chi connectivity index (χ0v) is 22.1. The van der Waals surface area contributed by atoms with Crippen molar-refractivity contribution in [3.8, 4) is 11.5 Å². The predicted molar refractivity (Wildman–Crippen MR) is 135 cm³/mol. The molecule has 0 heterocycles. The van der Waals surface area contributed by atoms with Crippen LogP contribution in [-0.4, -0.2) is 38.1 Å². The second-order valence-electron chi connectivity index (χ2n) is 12.6. The molecule has 4 aliphatic rings. The molecule has 1 aromatic carbocycles. The molecule has 0 bridgehead atoms. The van der Waals surface area contributed by atoms with Gasteiger partial charge in [0, 0.05) is 7.11 Å². The van der Waals surface area contributed by atoms with Crippen molar-refractivity contribution in [1.82, 2.24) is 0 Å². The highest BCUT2D eigenvalue weighted by atomic mass is 16.5. The van der Waals surface area contributed by atoms with Crippen LogP contribution in [0, 0.1) is 34.5 Å². The first kappa shape index (κ1) is 24.4. The molecule has 0 saturated heterocycles. The minimum atomic E-state index is -0.540. The lowest BCUT2D eigenvalue weighted by molar-refractivity contribution is -0.158. The van der Waals surface area contributed by atoms with Crippen molar-refractivity contribution in [3.63, 3.8) is 0 Å². The summed E-state index contributed by atoms with van der Waals surface area (Å²) < 4.78 is 16.8. The van der Waals surface area contributed by atoms with Crippen LogP contribution in [0.1, 0.15) is 83.6 Å². The van der Waals surface area contributed by atoms with Gasteiger partial charge in [-0.05, 0) is 123 Å². The lowest BCUT2D eigenvalue weighted by Crippen LogP contribution is -2.56. The summed E-state index contributed by atoms with van der Waals surface area (Å²) in [4.78, 5) is 0. The fourth-order valence-corrected chi connectivity index (χ4v) is 9.30. The first-order valence-electron chi connectivity index (χ1n) is 13.7. The van der Waals surface area contributed by atoms with Crippen molar-refractivity contribution in [2.75, 3.05) is 21.3 Å². The molecule has 0 aliphatic heterocycles. The van der Waals surface area contributed by atoms with Gasteiger partial charge < -0.3 is 19.3 Å². The third kappa shape index (κ3) is 3.88. The molecule has 4 saturated carbocycles. The van der Waals surface area contributed by atoms with Crippen molar-refractivity contribution in [1.29, 1.82) is 0 Å². The molecule has 34 heavy (non-hydrogen) atoms. The van der Waals surface area contributed by atoms with Gasteiger partial charge in [-0.3, -0.25) is 0 Å². The van der Waals surface area contributed by atoms with Crippen molar-refractivity contribution in [3.05, 3.63) is 23.8 Å². The molecule has 8 atom stereocenters. The van der Waals surface area contributed by atoms with Gasteiger partial charge in [-0.1, -0.05) is 19.9 Å². The van der Waals surface area contributed by atoms with E-state index in [-0.39, 0.29) is 0 Å². The highest BCUT2D eigenvalue weighted by Gasteiger charge is 2.61. The molecule has 0 spiro atoms. The molecule has 1 aromatic rings. The molecule has 0 radical (unpaired) electrons. The SMILES string of the molecule is COc1ccc(CC[C@@]2(O)CC[C@@]3(C)[C@H](CC[C@@H]4[C@@H]3CC[C@]3(C)[C@@H](OC)CC[C@@H]43)C2)cc1OC. The zero-order chi connectivity index (χ0) is 24.1. The van der Waals surface area contributed by atoms with Crippen LogP contribution in [0.15, 0.2) is 18.2 Å². The molecular formula is C30H46O4. The number of methoxy groups -OCH3 is 3. The average Bonchev–Trinajstić information content (AvgIpc) is 3.19. The first-order chi connectivity index (χ1) is 16.3. The second kappa shape index (κ2) is 9.00.